The monoisotopic (exact) mass is 354 g/mol. The van der Waals surface area contributed by atoms with E-state index in [4.69, 9.17) is 0 Å². The molecule has 0 saturated carbocycles. The zero-order chi connectivity index (χ0) is 13.9. The van der Waals surface area contributed by atoms with Gasteiger partial charge >= 0.3 is 0 Å². The molecule has 0 unspecified atom stereocenters. The Morgan fingerprint density at radius 2 is 1.94 bits per heavy atom. The Bertz CT molecular complexity index is 468. The third-order valence-electron chi connectivity index (χ3n) is 3.65. The summed E-state index contributed by atoms with van der Waals surface area (Å²) in [4.78, 5) is 0. The zero-order valence-corrected chi connectivity index (χ0v) is 14.3. The van der Waals surface area contributed by atoms with E-state index < -0.39 is 0 Å². The fourth-order valence-electron chi connectivity index (χ4n) is 2.69. The molecular formula is C17H23I. The SMILES string of the molecule is C=C1C(/C=C\C)=C(CC)C(C)(C)/C1=C/C(I)=C\C. The lowest BCUT2D eigenvalue weighted by Crippen LogP contribution is -2.13. The van der Waals surface area contributed by atoms with Gasteiger partial charge < -0.3 is 0 Å². The highest BCUT2D eigenvalue weighted by atomic mass is 127. The fourth-order valence-corrected chi connectivity index (χ4v) is 3.00. The van der Waals surface area contributed by atoms with Gasteiger partial charge in [-0.2, -0.15) is 0 Å². The maximum atomic E-state index is 4.31. The summed E-state index contributed by atoms with van der Waals surface area (Å²) >= 11 is 2.38. The van der Waals surface area contributed by atoms with Crippen molar-refractivity contribution in [3.8, 4) is 0 Å². The Morgan fingerprint density at radius 3 is 2.39 bits per heavy atom. The predicted molar refractivity (Wildman–Crippen MR) is 90.9 cm³/mol. The topological polar surface area (TPSA) is 0 Å². The zero-order valence-electron chi connectivity index (χ0n) is 12.1. The number of halogens is 1. The molecule has 0 aromatic carbocycles. The van der Waals surface area contributed by atoms with Crippen molar-refractivity contribution in [1.29, 1.82) is 0 Å². The van der Waals surface area contributed by atoms with Crippen molar-refractivity contribution in [2.75, 3.05) is 0 Å². The van der Waals surface area contributed by atoms with Crippen LogP contribution in [0.5, 0.6) is 0 Å². The van der Waals surface area contributed by atoms with Crippen molar-refractivity contribution < 1.29 is 0 Å². The van der Waals surface area contributed by atoms with Crippen LogP contribution in [0.15, 0.2) is 56.8 Å². The summed E-state index contributed by atoms with van der Waals surface area (Å²) < 4.78 is 1.27. The van der Waals surface area contributed by atoms with Crippen LogP contribution in [-0.4, -0.2) is 0 Å². The summed E-state index contributed by atoms with van der Waals surface area (Å²) in [6.07, 6.45) is 9.79. The third kappa shape index (κ3) is 2.71. The minimum atomic E-state index is 0.0973. The Kier molecular flexibility index (Phi) is 5.20. The highest BCUT2D eigenvalue weighted by molar-refractivity contribution is 14.1. The first kappa shape index (κ1) is 15.5. The first-order chi connectivity index (χ1) is 8.39. The highest BCUT2D eigenvalue weighted by Crippen LogP contribution is 2.51. The standard InChI is InChI=1S/C17H23I/c1-7-10-14-12(4)16(11-13(18)8-2)17(5,6)15(14)9-3/h7-8,10-11H,4,9H2,1-3,5-6H3/b10-7-,13-8+,16-11+. The molecule has 0 bridgehead atoms. The molecule has 0 amide bonds. The van der Waals surface area contributed by atoms with Crippen molar-refractivity contribution in [2.24, 2.45) is 5.41 Å². The number of hydrogen-bond donors (Lipinski definition) is 0. The second kappa shape index (κ2) is 6.05. The molecule has 1 rings (SSSR count). The summed E-state index contributed by atoms with van der Waals surface area (Å²) in [5.41, 5.74) is 5.47. The minimum absolute atomic E-state index is 0.0973. The second-order valence-corrected chi connectivity index (χ2v) is 6.33. The molecule has 0 radical (unpaired) electrons. The van der Waals surface area contributed by atoms with E-state index in [2.05, 4.69) is 88.1 Å². The smallest absolute Gasteiger partial charge is 0.0120 e. The summed E-state index contributed by atoms with van der Waals surface area (Å²) in [6, 6.07) is 0. The summed E-state index contributed by atoms with van der Waals surface area (Å²) in [6.45, 7) is 15.3. The van der Waals surface area contributed by atoms with Gasteiger partial charge in [-0.25, -0.2) is 0 Å². The van der Waals surface area contributed by atoms with Crippen molar-refractivity contribution in [2.45, 2.75) is 41.0 Å². The first-order valence-electron chi connectivity index (χ1n) is 6.50. The molecule has 98 valence electrons. The van der Waals surface area contributed by atoms with E-state index >= 15 is 0 Å². The van der Waals surface area contributed by atoms with Crippen molar-refractivity contribution in [3.05, 3.63) is 56.8 Å². The van der Waals surface area contributed by atoms with Crippen LogP contribution in [0.2, 0.25) is 0 Å². The maximum Gasteiger partial charge on any atom is 0.0120 e. The van der Waals surface area contributed by atoms with Gasteiger partial charge in [0.2, 0.25) is 0 Å². The molecule has 1 aliphatic rings. The fraction of sp³-hybridized carbons (Fsp3) is 0.412. The van der Waals surface area contributed by atoms with Gasteiger partial charge in [0.05, 0.1) is 0 Å². The van der Waals surface area contributed by atoms with Crippen LogP contribution in [0.4, 0.5) is 0 Å². The van der Waals surface area contributed by atoms with Crippen molar-refractivity contribution in [3.63, 3.8) is 0 Å². The van der Waals surface area contributed by atoms with Crippen LogP contribution < -0.4 is 0 Å². The van der Waals surface area contributed by atoms with Crippen LogP contribution in [0.25, 0.3) is 0 Å². The number of hydrogen-bond acceptors (Lipinski definition) is 0. The Labute approximate surface area is 125 Å². The molecule has 0 nitrogen and oxygen atoms in total. The van der Waals surface area contributed by atoms with Gasteiger partial charge in [-0.15, -0.1) is 0 Å². The highest BCUT2D eigenvalue weighted by Gasteiger charge is 2.37. The summed E-state index contributed by atoms with van der Waals surface area (Å²) in [7, 11) is 0. The molecule has 0 aromatic heterocycles. The summed E-state index contributed by atoms with van der Waals surface area (Å²) in [5.74, 6) is 0. The molecule has 0 saturated heterocycles. The van der Waals surface area contributed by atoms with Crippen LogP contribution in [-0.2, 0) is 0 Å². The molecule has 0 aromatic rings. The second-order valence-electron chi connectivity index (χ2n) is 5.08. The van der Waals surface area contributed by atoms with Gasteiger partial charge in [-0.3, -0.25) is 0 Å². The molecule has 18 heavy (non-hydrogen) atoms. The predicted octanol–water partition coefficient (Wildman–Crippen LogP) is 6.13. The minimum Gasteiger partial charge on any atom is -0.0909 e. The average Bonchev–Trinajstić information content (AvgIpc) is 2.50. The van der Waals surface area contributed by atoms with E-state index in [0.717, 1.165) is 6.42 Å². The lowest BCUT2D eigenvalue weighted by Gasteiger charge is -2.24. The van der Waals surface area contributed by atoms with Gasteiger partial charge in [0.25, 0.3) is 0 Å². The van der Waals surface area contributed by atoms with Gasteiger partial charge in [0.15, 0.2) is 0 Å². The Balaban J connectivity index is 3.41. The number of rotatable bonds is 3. The van der Waals surface area contributed by atoms with Gasteiger partial charge in [-0.05, 0) is 65.7 Å². The van der Waals surface area contributed by atoms with Crippen LogP contribution in [0.3, 0.4) is 0 Å². The molecule has 0 aliphatic heterocycles. The van der Waals surface area contributed by atoms with Gasteiger partial charge in [0, 0.05) is 8.99 Å². The van der Waals surface area contributed by atoms with Crippen LogP contribution in [0, 0.1) is 5.41 Å². The van der Waals surface area contributed by atoms with Crippen LogP contribution in [0.1, 0.15) is 41.0 Å². The van der Waals surface area contributed by atoms with E-state index in [0.29, 0.717) is 0 Å². The molecule has 0 spiro atoms. The Hall–Kier alpha value is -0.570. The molecule has 0 heterocycles. The molecule has 0 N–H and O–H groups in total. The Morgan fingerprint density at radius 1 is 1.33 bits per heavy atom. The third-order valence-corrected chi connectivity index (χ3v) is 4.58. The van der Waals surface area contributed by atoms with Crippen LogP contribution >= 0.6 is 22.6 Å². The molecule has 1 aliphatic carbocycles. The van der Waals surface area contributed by atoms with Crippen molar-refractivity contribution >= 4 is 22.6 Å². The lowest BCUT2D eigenvalue weighted by molar-refractivity contribution is 0.546. The average molecular weight is 354 g/mol. The largest absolute Gasteiger partial charge is 0.0909 e. The van der Waals surface area contributed by atoms with E-state index in [9.17, 15) is 0 Å². The quantitative estimate of drug-likeness (QED) is 0.535. The normalized spacial score (nSPS) is 22.7. The molecule has 0 atom stereocenters. The lowest BCUT2D eigenvalue weighted by atomic mass is 9.79. The van der Waals surface area contributed by atoms with E-state index in [-0.39, 0.29) is 5.41 Å². The van der Waals surface area contributed by atoms with E-state index in [1.807, 2.05) is 0 Å². The van der Waals surface area contributed by atoms with E-state index in [1.165, 1.54) is 25.9 Å². The van der Waals surface area contributed by atoms with Gasteiger partial charge in [-0.1, -0.05) is 51.2 Å². The number of allylic oxidation sites excluding steroid dienone is 9. The van der Waals surface area contributed by atoms with Gasteiger partial charge in [0.1, 0.15) is 0 Å². The first-order valence-corrected chi connectivity index (χ1v) is 7.57. The van der Waals surface area contributed by atoms with Crippen molar-refractivity contribution in [1.82, 2.24) is 0 Å². The maximum absolute atomic E-state index is 4.31. The summed E-state index contributed by atoms with van der Waals surface area (Å²) in [5, 5.41) is 0. The molecule has 0 fully saturated rings. The molecular weight excluding hydrogens is 331 g/mol. The molecule has 1 heteroatoms. The van der Waals surface area contributed by atoms with E-state index in [1.54, 1.807) is 0 Å².